The molecule has 1 aromatic rings. The Balaban J connectivity index is 2.21. The minimum absolute atomic E-state index is 0.0931. The third kappa shape index (κ3) is 3.65. The lowest BCUT2D eigenvalue weighted by Crippen LogP contribution is -2.25. The molecule has 7 heteroatoms. The van der Waals surface area contributed by atoms with Gasteiger partial charge in [-0.05, 0) is 36.6 Å². The Morgan fingerprint density at radius 1 is 1.32 bits per heavy atom. The molecule has 22 heavy (non-hydrogen) atoms. The summed E-state index contributed by atoms with van der Waals surface area (Å²) in [7, 11) is 0. The number of anilines is 1. The second kappa shape index (κ2) is 7.40. The molecule has 0 saturated heterocycles. The number of carbonyl (C=O) groups excluding carboxylic acids is 2. The van der Waals surface area contributed by atoms with Gasteiger partial charge in [0.05, 0.1) is 12.2 Å². The Morgan fingerprint density at radius 2 is 2.00 bits per heavy atom. The molecule has 1 saturated carbocycles. The normalized spacial score (nSPS) is 15.3. The summed E-state index contributed by atoms with van der Waals surface area (Å²) < 4.78 is 4.61. The Morgan fingerprint density at radius 3 is 2.59 bits per heavy atom. The first kappa shape index (κ1) is 16.5. The fraction of sp³-hybridized carbons (Fsp3) is 0.533. The van der Waals surface area contributed by atoms with Crippen LogP contribution in [0, 0.1) is 0 Å². The number of nitrogens with one attached hydrogen (secondary N) is 1. The number of rotatable bonds is 4. The Bertz CT molecular complexity index is 574. The van der Waals surface area contributed by atoms with E-state index in [0.29, 0.717) is 0 Å². The minimum Gasteiger partial charge on any atom is -0.478 e. The number of aromatic carboxylic acids is 1. The van der Waals surface area contributed by atoms with E-state index in [2.05, 4.69) is 10.1 Å². The molecule has 0 aliphatic heterocycles. The number of carboxylic acids is 1. The van der Waals surface area contributed by atoms with Crippen molar-refractivity contribution >= 4 is 34.2 Å². The first-order valence-electron chi connectivity index (χ1n) is 7.37. The second-order valence-corrected chi connectivity index (χ2v) is 6.09. The van der Waals surface area contributed by atoms with E-state index >= 15 is 0 Å². The van der Waals surface area contributed by atoms with Crippen LogP contribution in [0.2, 0.25) is 0 Å². The van der Waals surface area contributed by atoms with Gasteiger partial charge in [0.2, 0.25) is 0 Å². The predicted molar refractivity (Wildman–Crippen MR) is 82.4 cm³/mol. The molecule has 0 aromatic carbocycles. The van der Waals surface area contributed by atoms with Gasteiger partial charge in [0, 0.05) is 0 Å². The molecule has 0 bridgehead atoms. The highest BCUT2D eigenvalue weighted by Gasteiger charge is 2.27. The topological polar surface area (TPSA) is 92.7 Å². The third-order valence-electron chi connectivity index (χ3n) is 3.77. The molecule has 1 aliphatic carbocycles. The van der Waals surface area contributed by atoms with Crippen LogP contribution < -0.4 is 5.32 Å². The van der Waals surface area contributed by atoms with Crippen LogP contribution in [0.1, 0.15) is 60.9 Å². The molecule has 0 spiro atoms. The van der Waals surface area contributed by atoms with Gasteiger partial charge >= 0.3 is 17.8 Å². The maximum Gasteiger partial charge on any atom is 0.397 e. The van der Waals surface area contributed by atoms with Crippen molar-refractivity contribution in [1.29, 1.82) is 0 Å². The molecular formula is C15H19NO5S. The zero-order chi connectivity index (χ0) is 16.1. The van der Waals surface area contributed by atoms with Crippen molar-refractivity contribution in [3.8, 4) is 0 Å². The van der Waals surface area contributed by atoms with Crippen molar-refractivity contribution in [3.63, 3.8) is 0 Å². The van der Waals surface area contributed by atoms with Gasteiger partial charge < -0.3 is 15.2 Å². The monoisotopic (exact) mass is 325 g/mol. The fourth-order valence-corrected chi connectivity index (χ4v) is 3.78. The summed E-state index contributed by atoms with van der Waals surface area (Å²) in [5.74, 6) is -2.82. The van der Waals surface area contributed by atoms with Crippen molar-refractivity contribution in [2.24, 2.45) is 0 Å². The van der Waals surface area contributed by atoms with E-state index in [1.165, 1.54) is 6.42 Å². The van der Waals surface area contributed by atoms with Gasteiger partial charge in [0.15, 0.2) is 0 Å². The maximum atomic E-state index is 11.7. The van der Waals surface area contributed by atoms with Gasteiger partial charge in [-0.2, -0.15) is 0 Å². The molecule has 1 amide bonds. The van der Waals surface area contributed by atoms with Crippen LogP contribution >= 0.6 is 11.3 Å². The SMILES string of the molecule is CCOC(=O)C(=O)Nc1scc(C2CCCCC2)c1C(=O)O. The molecule has 0 radical (unpaired) electrons. The molecule has 0 unspecified atom stereocenters. The molecular weight excluding hydrogens is 306 g/mol. The average molecular weight is 325 g/mol. The number of ether oxygens (including phenoxy) is 1. The van der Waals surface area contributed by atoms with E-state index in [-0.39, 0.29) is 23.1 Å². The summed E-state index contributed by atoms with van der Waals surface area (Å²) in [5.41, 5.74) is 0.867. The number of carbonyl (C=O) groups is 3. The fourth-order valence-electron chi connectivity index (χ4n) is 2.75. The summed E-state index contributed by atoms with van der Waals surface area (Å²) in [6.07, 6.45) is 5.27. The summed E-state index contributed by atoms with van der Waals surface area (Å²) in [6, 6.07) is 0. The largest absolute Gasteiger partial charge is 0.478 e. The lowest BCUT2D eigenvalue weighted by molar-refractivity contribution is -0.152. The summed E-state index contributed by atoms with van der Waals surface area (Å²) in [4.78, 5) is 34.6. The highest BCUT2D eigenvalue weighted by molar-refractivity contribution is 7.15. The summed E-state index contributed by atoms with van der Waals surface area (Å²) in [5, 5.41) is 13.8. The van der Waals surface area contributed by atoms with Crippen molar-refractivity contribution in [2.45, 2.75) is 44.9 Å². The molecule has 1 aliphatic rings. The molecule has 1 fully saturated rings. The average Bonchev–Trinajstić information content (AvgIpc) is 2.92. The van der Waals surface area contributed by atoms with Crippen LogP contribution in [0.5, 0.6) is 0 Å². The van der Waals surface area contributed by atoms with E-state index in [0.717, 1.165) is 42.6 Å². The first-order chi connectivity index (χ1) is 10.5. The predicted octanol–water partition coefficient (Wildman–Crippen LogP) is 3.00. The standard InChI is InChI=1S/C15H19NO5S/c1-2-21-15(20)12(17)16-13-11(14(18)19)10(8-22-13)9-6-4-3-5-7-9/h8-9H,2-7H2,1H3,(H,16,17)(H,18,19). The Hall–Kier alpha value is -1.89. The lowest BCUT2D eigenvalue weighted by Gasteiger charge is -2.21. The molecule has 2 rings (SSSR count). The van der Waals surface area contributed by atoms with Crippen LogP contribution in [-0.4, -0.2) is 29.6 Å². The number of carboxylic acid groups (broad SMARTS) is 1. The van der Waals surface area contributed by atoms with Crippen LogP contribution in [0.4, 0.5) is 5.00 Å². The highest BCUT2D eigenvalue weighted by atomic mass is 32.1. The summed E-state index contributed by atoms with van der Waals surface area (Å²) in [6.45, 7) is 1.69. The van der Waals surface area contributed by atoms with Crippen molar-refractivity contribution in [3.05, 3.63) is 16.5 Å². The van der Waals surface area contributed by atoms with Crippen molar-refractivity contribution in [2.75, 3.05) is 11.9 Å². The smallest absolute Gasteiger partial charge is 0.397 e. The molecule has 1 heterocycles. The quantitative estimate of drug-likeness (QED) is 0.656. The Labute approximate surface area is 132 Å². The number of hydrogen-bond donors (Lipinski definition) is 2. The number of thiophene rings is 1. The molecule has 1 aromatic heterocycles. The first-order valence-corrected chi connectivity index (χ1v) is 8.25. The lowest BCUT2D eigenvalue weighted by atomic mass is 9.83. The summed E-state index contributed by atoms with van der Waals surface area (Å²) >= 11 is 1.14. The zero-order valence-electron chi connectivity index (χ0n) is 12.4. The molecule has 2 N–H and O–H groups in total. The van der Waals surface area contributed by atoms with Gasteiger partial charge in [-0.3, -0.25) is 4.79 Å². The van der Waals surface area contributed by atoms with E-state index < -0.39 is 17.8 Å². The van der Waals surface area contributed by atoms with Crippen LogP contribution in [0.15, 0.2) is 5.38 Å². The molecule has 6 nitrogen and oxygen atoms in total. The van der Waals surface area contributed by atoms with Crippen molar-refractivity contribution < 1.29 is 24.2 Å². The van der Waals surface area contributed by atoms with Gasteiger partial charge in [0.25, 0.3) is 0 Å². The minimum atomic E-state index is -1.08. The number of hydrogen-bond acceptors (Lipinski definition) is 5. The maximum absolute atomic E-state index is 11.7. The molecule has 120 valence electrons. The third-order valence-corrected chi connectivity index (χ3v) is 4.68. The van der Waals surface area contributed by atoms with E-state index in [1.54, 1.807) is 12.3 Å². The molecule has 0 atom stereocenters. The van der Waals surface area contributed by atoms with Gasteiger partial charge in [-0.25, -0.2) is 9.59 Å². The zero-order valence-corrected chi connectivity index (χ0v) is 13.2. The van der Waals surface area contributed by atoms with Crippen LogP contribution in [-0.2, 0) is 14.3 Å². The van der Waals surface area contributed by atoms with Crippen LogP contribution in [0.3, 0.4) is 0 Å². The van der Waals surface area contributed by atoms with E-state index in [1.807, 2.05) is 0 Å². The second-order valence-electron chi connectivity index (χ2n) is 5.21. The van der Waals surface area contributed by atoms with E-state index in [9.17, 15) is 19.5 Å². The van der Waals surface area contributed by atoms with E-state index in [4.69, 9.17) is 0 Å². The van der Waals surface area contributed by atoms with Gasteiger partial charge in [-0.15, -0.1) is 11.3 Å². The number of amides is 1. The highest BCUT2D eigenvalue weighted by Crippen LogP contribution is 2.40. The van der Waals surface area contributed by atoms with Gasteiger partial charge in [0.1, 0.15) is 5.00 Å². The van der Waals surface area contributed by atoms with Gasteiger partial charge in [-0.1, -0.05) is 19.3 Å². The van der Waals surface area contributed by atoms with Crippen molar-refractivity contribution in [1.82, 2.24) is 0 Å². The van der Waals surface area contributed by atoms with Crippen LogP contribution in [0.25, 0.3) is 0 Å². The Kier molecular flexibility index (Phi) is 5.54. The number of esters is 1.